The Bertz CT molecular complexity index is 1500. The van der Waals surface area contributed by atoms with Crippen LogP contribution in [0.15, 0.2) is 65.6 Å². The van der Waals surface area contributed by atoms with E-state index < -0.39 is 35.8 Å². The van der Waals surface area contributed by atoms with Gasteiger partial charge in [0.25, 0.3) is 5.91 Å². The van der Waals surface area contributed by atoms with Gasteiger partial charge in [0.05, 0.1) is 0 Å². The van der Waals surface area contributed by atoms with Gasteiger partial charge < -0.3 is 24.7 Å². The van der Waals surface area contributed by atoms with Gasteiger partial charge in [0.15, 0.2) is 11.6 Å². The number of aliphatic carboxylic acids is 2. The fourth-order valence-electron chi connectivity index (χ4n) is 4.43. The Labute approximate surface area is 254 Å². The second-order valence-corrected chi connectivity index (χ2v) is 10.8. The first kappa shape index (κ1) is 34.3. The van der Waals surface area contributed by atoms with Crippen LogP contribution in [0.3, 0.4) is 0 Å². The number of likely N-dealkylation sites (tertiary alicyclic amines) is 1. The van der Waals surface area contributed by atoms with E-state index in [1.807, 2.05) is 25.1 Å². The summed E-state index contributed by atoms with van der Waals surface area (Å²) in [6.45, 7) is 0.552. The van der Waals surface area contributed by atoms with Crippen LogP contribution >= 0.6 is 11.8 Å². The quantitative estimate of drug-likeness (QED) is 0.235. The third-order valence-electron chi connectivity index (χ3n) is 6.78. The molecule has 0 saturated carbocycles. The number of carboxylic acids is 2. The van der Waals surface area contributed by atoms with Crippen molar-refractivity contribution in [2.24, 2.45) is 0 Å². The summed E-state index contributed by atoms with van der Waals surface area (Å²) in [4.78, 5) is 37.8. The van der Waals surface area contributed by atoms with Crippen molar-refractivity contribution >= 4 is 29.6 Å². The Hall–Kier alpha value is -4.17. The summed E-state index contributed by atoms with van der Waals surface area (Å²) in [6.07, 6.45) is -2.89. The number of likely N-dealkylation sites (N-methyl/N-ethyl adjacent to an activating group) is 1. The fourth-order valence-corrected chi connectivity index (χ4v) is 5.04. The lowest BCUT2D eigenvalue weighted by atomic mass is 10.1. The molecule has 1 heterocycles. The number of thioether (sulfide) groups is 1. The molecule has 0 bridgehead atoms. The Balaban J connectivity index is 0.000000676. The smallest absolute Gasteiger partial charge is 0.489 e. The van der Waals surface area contributed by atoms with E-state index >= 15 is 0 Å². The topological polar surface area (TPSA) is 107 Å². The third kappa shape index (κ3) is 8.69. The van der Waals surface area contributed by atoms with E-state index in [-0.39, 0.29) is 18.6 Å². The van der Waals surface area contributed by atoms with Gasteiger partial charge >= 0.3 is 18.1 Å². The van der Waals surface area contributed by atoms with Gasteiger partial charge in [-0.05, 0) is 79.9 Å². The molecule has 1 aliphatic rings. The predicted octanol–water partition coefficient (Wildman–Crippen LogP) is 5.80. The van der Waals surface area contributed by atoms with E-state index in [9.17, 15) is 36.6 Å². The zero-order valence-corrected chi connectivity index (χ0v) is 24.6. The van der Waals surface area contributed by atoms with Crippen LogP contribution in [0.5, 0.6) is 5.75 Å². The summed E-state index contributed by atoms with van der Waals surface area (Å²) >= 11 is 1.34. The van der Waals surface area contributed by atoms with Gasteiger partial charge in [-0.1, -0.05) is 24.3 Å². The number of carbonyl (C=O) groups excluding carboxylic acids is 1. The molecule has 1 aliphatic heterocycles. The number of benzene rings is 3. The molecule has 8 nitrogen and oxygen atoms in total. The minimum Gasteiger partial charge on any atom is -0.489 e. The number of nitrogens with zero attached hydrogens (tertiary/aromatic N) is 2. The van der Waals surface area contributed by atoms with Gasteiger partial charge in [-0.3, -0.25) is 4.79 Å². The maximum atomic E-state index is 13.8. The van der Waals surface area contributed by atoms with Crippen LogP contribution in [-0.4, -0.2) is 83.0 Å². The van der Waals surface area contributed by atoms with Crippen molar-refractivity contribution in [2.45, 2.75) is 36.2 Å². The molecule has 3 aromatic carbocycles. The highest BCUT2D eigenvalue weighted by atomic mass is 32.2. The predicted molar refractivity (Wildman–Crippen MR) is 153 cm³/mol. The van der Waals surface area contributed by atoms with E-state index in [1.54, 1.807) is 48.7 Å². The Morgan fingerprint density at radius 2 is 1.61 bits per heavy atom. The van der Waals surface area contributed by atoms with Crippen molar-refractivity contribution in [3.05, 3.63) is 83.4 Å². The maximum Gasteiger partial charge on any atom is 0.490 e. The van der Waals surface area contributed by atoms with E-state index in [0.29, 0.717) is 34.7 Å². The van der Waals surface area contributed by atoms with Gasteiger partial charge in [0, 0.05) is 23.0 Å². The molecule has 0 unspecified atom stereocenters. The number of rotatable bonds is 8. The molecule has 1 saturated heterocycles. The monoisotopic (exact) mass is 640 g/mol. The number of halogens is 5. The van der Waals surface area contributed by atoms with Gasteiger partial charge in [-0.25, -0.2) is 18.4 Å². The van der Waals surface area contributed by atoms with Gasteiger partial charge in [0.2, 0.25) is 0 Å². The Morgan fingerprint density at radius 1 is 1.00 bits per heavy atom. The minimum absolute atomic E-state index is 0.0158. The minimum atomic E-state index is -5.08. The van der Waals surface area contributed by atoms with Crippen LogP contribution < -0.4 is 4.74 Å². The molecule has 4 rings (SSSR count). The lowest BCUT2D eigenvalue weighted by Crippen LogP contribution is -2.41. The van der Waals surface area contributed by atoms with Crippen molar-refractivity contribution in [1.29, 1.82) is 0 Å². The molecule has 14 heteroatoms. The lowest BCUT2D eigenvalue weighted by molar-refractivity contribution is -0.192. The van der Waals surface area contributed by atoms with Crippen LogP contribution in [0.4, 0.5) is 22.0 Å². The summed E-state index contributed by atoms with van der Waals surface area (Å²) in [5.41, 5.74) is 2.50. The highest BCUT2D eigenvalue weighted by Crippen LogP contribution is 2.33. The van der Waals surface area contributed by atoms with Crippen molar-refractivity contribution in [3.8, 4) is 16.9 Å². The van der Waals surface area contributed by atoms with E-state index in [2.05, 4.69) is 0 Å². The molecule has 0 radical (unpaired) electrons. The highest BCUT2D eigenvalue weighted by Gasteiger charge is 2.41. The number of hydrogen-bond donors (Lipinski definition) is 2. The van der Waals surface area contributed by atoms with E-state index in [4.69, 9.17) is 14.6 Å². The second kappa shape index (κ2) is 14.5. The molecule has 0 aromatic heterocycles. The molecular weight excluding hydrogens is 611 g/mol. The van der Waals surface area contributed by atoms with Gasteiger partial charge in [0.1, 0.15) is 18.4 Å². The first-order chi connectivity index (χ1) is 20.6. The zero-order valence-electron chi connectivity index (χ0n) is 23.8. The summed E-state index contributed by atoms with van der Waals surface area (Å²) < 4.78 is 65.0. The zero-order chi connectivity index (χ0) is 32.8. The van der Waals surface area contributed by atoms with Crippen molar-refractivity contribution in [1.82, 2.24) is 9.80 Å². The number of ether oxygens (including phenoxy) is 1. The average Bonchev–Trinajstić information content (AvgIpc) is 3.44. The van der Waals surface area contributed by atoms with Crippen molar-refractivity contribution in [3.63, 3.8) is 0 Å². The Kier molecular flexibility index (Phi) is 11.3. The molecule has 2 N–H and O–H groups in total. The van der Waals surface area contributed by atoms with E-state index in [1.165, 1.54) is 28.8 Å². The molecule has 1 fully saturated rings. The van der Waals surface area contributed by atoms with Gasteiger partial charge in [-0.2, -0.15) is 13.2 Å². The normalized spacial score (nSPS) is 16.3. The number of alkyl halides is 3. The number of amides is 1. The second-order valence-electron chi connectivity index (χ2n) is 9.95. The fraction of sp³-hybridized carbons (Fsp3) is 0.300. The number of carbonyl (C=O) groups is 3. The molecule has 2 atom stereocenters. The molecule has 1 amide bonds. The molecular formula is C30H29F5N2O6S. The molecule has 0 spiro atoms. The summed E-state index contributed by atoms with van der Waals surface area (Å²) in [5.74, 6) is -5.29. The van der Waals surface area contributed by atoms with Crippen molar-refractivity contribution in [2.75, 3.05) is 26.9 Å². The first-order valence-electron chi connectivity index (χ1n) is 13.0. The van der Waals surface area contributed by atoms with Crippen LogP contribution in [0.25, 0.3) is 11.1 Å². The lowest BCUT2D eigenvalue weighted by Gasteiger charge is -2.22. The van der Waals surface area contributed by atoms with Crippen LogP contribution in [0.2, 0.25) is 0 Å². The summed E-state index contributed by atoms with van der Waals surface area (Å²) in [5, 5.41) is 16.7. The third-order valence-corrected chi connectivity index (χ3v) is 7.56. The molecule has 0 aliphatic carbocycles. The van der Waals surface area contributed by atoms with Crippen LogP contribution in [0.1, 0.15) is 22.3 Å². The van der Waals surface area contributed by atoms with Crippen molar-refractivity contribution < 1.29 is 51.3 Å². The van der Waals surface area contributed by atoms with Crippen LogP contribution in [-0.2, 0) is 16.2 Å². The van der Waals surface area contributed by atoms with E-state index in [0.717, 1.165) is 11.1 Å². The number of hydrogen-bond acceptors (Lipinski definition) is 6. The largest absolute Gasteiger partial charge is 0.490 e. The standard InChI is InChI=1S/C28H28F2N2O4S.C2HF3O2/c1-31(2)20-12-25(28(34)35)32(15-20)27(33)19-6-4-5-17(11-19)16-36-21-9-7-18(8-10-21)22-13-23(29)24(30)14-26(22)37-3;3-2(4,5)1(6)7/h4-11,13-14,20,25H,12,15-16H2,1-3H3,(H,34,35);(H,6,7)/t20-,25+;/m1./s1. The molecule has 44 heavy (non-hydrogen) atoms. The number of carboxylic acid groups (broad SMARTS) is 2. The SMILES string of the molecule is CSc1cc(F)c(F)cc1-c1ccc(OCc2cccc(C(=O)N3C[C@H](N(C)C)C[C@H]3C(=O)O)c2)cc1.O=C(O)C(F)(F)F. The van der Waals surface area contributed by atoms with Gasteiger partial charge in [-0.15, -0.1) is 11.8 Å². The average molecular weight is 641 g/mol. The molecule has 3 aromatic rings. The maximum absolute atomic E-state index is 13.8. The highest BCUT2D eigenvalue weighted by molar-refractivity contribution is 7.98. The molecule has 236 valence electrons. The summed E-state index contributed by atoms with van der Waals surface area (Å²) in [6, 6.07) is 15.5. The first-order valence-corrected chi connectivity index (χ1v) is 14.2. The Morgan fingerprint density at radius 3 is 2.16 bits per heavy atom. The summed E-state index contributed by atoms with van der Waals surface area (Å²) in [7, 11) is 3.75. The van der Waals surface area contributed by atoms with Crippen LogP contribution in [0, 0.1) is 11.6 Å².